The van der Waals surface area contributed by atoms with Crippen molar-refractivity contribution in [1.29, 1.82) is 0 Å². The number of nitrogens with zero attached hydrogens (tertiary/aromatic N) is 3. The van der Waals surface area contributed by atoms with Crippen LogP contribution in [-0.2, 0) is 41.9 Å². The van der Waals surface area contributed by atoms with Gasteiger partial charge >= 0.3 is 0 Å². The molecule has 0 spiro atoms. The number of hydrogen-bond donors (Lipinski definition) is 0. The van der Waals surface area contributed by atoms with Gasteiger partial charge in [0.25, 0.3) is 0 Å². The van der Waals surface area contributed by atoms with Crippen LogP contribution in [0.4, 0.5) is 0 Å². The van der Waals surface area contributed by atoms with E-state index < -0.39 is 32.6 Å². The van der Waals surface area contributed by atoms with Crippen molar-refractivity contribution >= 4 is 0 Å². The minimum absolute atomic E-state index is 0. The average molecular weight is 925 g/mol. The topological polar surface area (TPSA) is 29.7 Å². The molecule has 0 fully saturated rings. The molecule has 4 atom stereocenters. The summed E-state index contributed by atoms with van der Waals surface area (Å²) in [4.78, 5) is 11.9. The molecule has 3 aromatic heterocycles. The van der Waals surface area contributed by atoms with Crippen molar-refractivity contribution in [3.63, 3.8) is 0 Å². The van der Waals surface area contributed by atoms with E-state index in [1.807, 2.05) is 0 Å². The number of benzene rings is 3. The summed E-state index contributed by atoms with van der Waals surface area (Å²) in [6, 6.07) is 50.9. The number of pyridine rings is 3. The van der Waals surface area contributed by atoms with Crippen LogP contribution < -0.4 is 4.57 Å². The van der Waals surface area contributed by atoms with E-state index in [1.165, 1.54) is 0 Å². The van der Waals surface area contributed by atoms with Gasteiger partial charge in [-0.1, -0.05) is 106 Å². The summed E-state index contributed by atoms with van der Waals surface area (Å²) < 4.78 is 2.35. The molecule has 0 amide bonds. The maximum Gasteiger partial charge on any atom is 0.196 e. The van der Waals surface area contributed by atoms with Gasteiger partial charge in [-0.3, -0.25) is 9.55 Å². The van der Waals surface area contributed by atoms with E-state index in [4.69, 9.17) is 9.97 Å². The maximum atomic E-state index is 5.97. The summed E-state index contributed by atoms with van der Waals surface area (Å²) in [6.45, 7) is 28.3. The summed E-state index contributed by atoms with van der Waals surface area (Å²) >= 11 is 0. The zero-order chi connectivity index (χ0) is 39.9. The zero-order valence-corrected chi connectivity index (χ0v) is 38.0. The van der Waals surface area contributed by atoms with Gasteiger partial charge in [0, 0.05) is 30.9 Å². The van der Waals surface area contributed by atoms with Crippen LogP contribution in [0.3, 0.4) is 0 Å². The Labute approximate surface area is 354 Å². The van der Waals surface area contributed by atoms with Gasteiger partial charge in [0.2, 0.25) is 0 Å². The Morgan fingerprint density at radius 2 is 0.737 bits per heavy atom. The molecule has 16 bridgehead atoms. The van der Waals surface area contributed by atoms with Crippen molar-refractivity contribution in [3.8, 4) is 0 Å². The molecule has 3 nitrogen and oxygen atoms in total. The monoisotopic (exact) mass is 925 g/mol. The van der Waals surface area contributed by atoms with Gasteiger partial charge in [-0.25, -0.2) is 4.98 Å². The Morgan fingerprint density at radius 1 is 0.386 bits per heavy atom. The molecule has 7 heterocycles. The number of aromatic nitrogens is 3. The molecule has 4 unspecified atom stereocenters. The second-order valence-electron chi connectivity index (χ2n) is 20.6. The van der Waals surface area contributed by atoms with Crippen LogP contribution in [0.1, 0.15) is 145 Å². The Bertz CT molecular complexity index is 1980. The zero-order valence-electron chi connectivity index (χ0n) is 35.6. The summed E-state index contributed by atoms with van der Waals surface area (Å²) in [6.07, 6.45) is 6.36. The molecule has 0 saturated heterocycles. The molecule has 10 rings (SSSR count). The fourth-order valence-corrected chi connectivity index (χ4v) is 11.6. The van der Waals surface area contributed by atoms with E-state index in [0.717, 1.165) is 61.7 Å². The molecule has 0 saturated carbocycles. The molecule has 0 N–H and O–H groups in total. The molecule has 4 aliphatic rings. The van der Waals surface area contributed by atoms with Crippen LogP contribution in [0.25, 0.3) is 0 Å². The summed E-state index contributed by atoms with van der Waals surface area (Å²) in [7, 11) is 0. The molecule has 293 valence electrons. The van der Waals surface area contributed by atoms with Gasteiger partial charge < -0.3 is 0 Å². The second-order valence-corrected chi connectivity index (χ2v) is 20.6. The Hall–Kier alpha value is -4.24. The second kappa shape index (κ2) is 12.4. The van der Waals surface area contributed by atoms with Crippen molar-refractivity contribution in [2.75, 3.05) is 0 Å². The van der Waals surface area contributed by atoms with Gasteiger partial charge in [-0.15, -0.1) is 22.8 Å². The first-order chi connectivity index (χ1) is 26.3. The molecule has 4 aliphatic heterocycles. The van der Waals surface area contributed by atoms with Crippen molar-refractivity contribution in [1.82, 2.24) is 9.97 Å². The van der Waals surface area contributed by atoms with Crippen LogP contribution in [0.5, 0.6) is 0 Å². The SMILES string of the molecule is CC(C)(C)C12c3[c-]c(ccc3)C3(C(C)(C)C)c4[c-]c(ccc4)C(C(C)(C)C)(c4cccc(n4)C(C(C)(C)C)(c4[c-]c1ccc4)c1cccc3n1)[n+]1[c-]c2ccc1.[Ir]. The van der Waals surface area contributed by atoms with Crippen molar-refractivity contribution < 1.29 is 24.7 Å². The van der Waals surface area contributed by atoms with E-state index in [2.05, 4.69) is 221 Å². The molecule has 57 heavy (non-hydrogen) atoms. The predicted octanol–water partition coefficient (Wildman–Crippen LogP) is 10.9. The van der Waals surface area contributed by atoms with Crippen LogP contribution in [0.15, 0.2) is 109 Å². The van der Waals surface area contributed by atoms with Crippen LogP contribution in [-0.4, -0.2) is 9.97 Å². The van der Waals surface area contributed by atoms with Crippen molar-refractivity contribution in [2.45, 2.75) is 105 Å². The first-order valence-corrected chi connectivity index (χ1v) is 20.3. The first-order valence-electron chi connectivity index (χ1n) is 20.3. The Kier molecular flexibility index (Phi) is 8.60. The van der Waals surface area contributed by atoms with Gasteiger partial charge in [0.05, 0.1) is 28.7 Å². The summed E-state index contributed by atoms with van der Waals surface area (Å²) in [5.74, 6) is 0. The minimum atomic E-state index is -0.848. The van der Waals surface area contributed by atoms with Gasteiger partial charge in [0.1, 0.15) is 11.9 Å². The van der Waals surface area contributed by atoms with E-state index in [0.29, 0.717) is 0 Å². The van der Waals surface area contributed by atoms with E-state index in [1.54, 1.807) is 0 Å². The van der Waals surface area contributed by atoms with Crippen LogP contribution >= 0.6 is 0 Å². The third-order valence-corrected chi connectivity index (χ3v) is 13.8. The third-order valence-electron chi connectivity index (χ3n) is 13.8. The molecule has 4 heteroatoms. The van der Waals surface area contributed by atoms with Crippen LogP contribution in [0, 0.1) is 46.1 Å². The molecule has 0 aliphatic carbocycles. The summed E-state index contributed by atoms with van der Waals surface area (Å²) in [5, 5.41) is 0. The largest absolute Gasteiger partial charge is 0.297 e. The fraction of sp³-hybridized carbons (Fsp3) is 0.377. The van der Waals surface area contributed by atoms with Gasteiger partial charge in [-0.2, -0.15) is 90.0 Å². The molecular formula is C53H54IrN3-3. The number of rotatable bonds is 0. The maximum absolute atomic E-state index is 5.97. The molecule has 3 aromatic carbocycles. The Morgan fingerprint density at radius 3 is 1.21 bits per heavy atom. The quantitative estimate of drug-likeness (QED) is 0.112. The Balaban J connectivity index is 0.00000455. The van der Waals surface area contributed by atoms with Gasteiger partial charge in [-0.05, 0) is 45.9 Å². The fourth-order valence-electron chi connectivity index (χ4n) is 11.6. The van der Waals surface area contributed by atoms with E-state index in [9.17, 15) is 0 Å². The van der Waals surface area contributed by atoms with E-state index in [-0.39, 0.29) is 30.9 Å². The van der Waals surface area contributed by atoms with Crippen molar-refractivity contribution in [2.24, 2.45) is 21.7 Å². The first kappa shape index (κ1) is 39.6. The van der Waals surface area contributed by atoms with Crippen LogP contribution in [0.2, 0.25) is 0 Å². The van der Waals surface area contributed by atoms with E-state index >= 15 is 0 Å². The smallest absolute Gasteiger partial charge is 0.196 e. The molecule has 6 aromatic rings. The average Bonchev–Trinajstić information content (AvgIpc) is 3.11. The normalized spacial score (nSPS) is 24.6. The predicted molar refractivity (Wildman–Crippen MR) is 223 cm³/mol. The number of hydrogen-bond acceptors (Lipinski definition) is 2. The molecular weight excluding hydrogens is 871 g/mol. The minimum Gasteiger partial charge on any atom is -0.297 e. The van der Waals surface area contributed by atoms with Crippen molar-refractivity contribution in [3.05, 3.63) is 195 Å². The standard InChI is InChI=1S/C53H54N3.Ir/c1-46(2,3)50-35-19-13-21-37(31-35)51(47(4,5)6)38-22-15-24-40(33-38)53(49(10,11)12,56-30-18-25-41(50)34-56)45-29-17-28-44(55-45)52(48(7,8)9,39-23-14-20-36(50)32-39)43-27-16-26-42(51)54-43;/h13-30H,1-12H3;/q-3;. The van der Waals surface area contributed by atoms with Gasteiger partial charge in [0.15, 0.2) is 5.54 Å². The summed E-state index contributed by atoms with van der Waals surface area (Å²) in [5.41, 5.74) is 6.52. The molecule has 1 radical (unpaired) electrons. The third kappa shape index (κ3) is 4.78.